The lowest BCUT2D eigenvalue weighted by molar-refractivity contribution is -0.144. The van der Waals surface area contributed by atoms with Crippen molar-refractivity contribution in [3.05, 3.63) is 34.2 Å². The van der Waals surface area contributed by atoms with Gasteiger partial charge in [-0.1, -0.05) is 20.3 Å². The number of nitrogens with one attached hydrogen (secondary N) is 1. The third kappa shape index (κ3) is 7.81. The fourth-order valence-corrected chi connectivity index (χ4v) is 6.79. The number of aromatic nitrogens is 4. The van der Waals surface area contributed by atoms with E-state index in [1.807, 2.05) is 32.8 Å². The number of carbonyl (C=O) groups is 1. The molecule has 0 atom stereocenters. The highest BCUT2D eigenvalue weighted by Crippen LogP contribution is 2.33. The molecule has 1 fully saturated rings. The van der Waals surface area contributed by atoms with E-state index in [9.17, 15) is 18.0 Å². The van der Waals surface area contributed by atoms with E-state index in [0.29, 0.717) is 87.3 Å². The quantitative estimate of drug-likeness (QED) is 0.270. The number of hydrogen-bond donors (Lipinski definition) is 1. The first-order valence-corrected chi connectivity index (χ1v) is 16.5. The van der Waals surface area contributed by atoms with Crippen LogP contribution in [0.3, 0.4) is 0 Å². The topological polar surface area (TPSA) is 140 Å². The molecule has 1 aliphatic rings. The van der Waals surface area contributed by atoms with E-state index in [4.69, 9.17) is 14.5 Å². The lowest BCUT2D eigenvalue weighted by Crippen LogP contribution is -2.38. The number of H-pyrrole nitrogens is 1. The Balaban J connectivity index is 1.54. The molecule has 43 heavy (non-hydrogen) atoms. The Morgan fingerprint density at radius 3 is 2.56 bits per heavy atom. The summed E-state index contributed by atoms with van der Waals surface area (Å²) in [7, 11) is 1.73. The molecule has 1 aliphatic heterocycles. The van der Waals surface area contributed by atoms with Gasteiger partial charge in [0.15, 0.2) is 5.52 Å². The molecule has 1 aromatic carbocycles. The first-order chi connectivity index (χ1) is 20.5. The van der Waals surface area contributed by atoms with Crippen molar-refractivity contribution in [3.63, 3.8) is 0 Å². The van der Waals surface area contributed by atoms with Gasteiger partial charge in [-0.15, -0.1) is 0 Å². The van der Waals surface area contributed by atoms with Crippen LogP contribution < -0.4 is 10.3 Å². The Labute approximate surface area is 253 Å². The Morgan fingerprint density at radius 2 is 1.88 bits per heavy atom. The smallest absolute Gasteiger partial charge is 0.305 e. The number of fused-ring (bicyclic) bond motifs is 1. The average Bonchev–Trinajstić information content (AvgIpc) is 3.30. The maximum Gasteiger partial charge on any atom is 0.305 e. The van der Waals surface area contributed by atoms with Gasteiger partial charge in [0.25, 0.3) is 5.56 Å². The Morgan fingerprint density at radius 1 is 1.14 bits per heavy atom. The van der Waals surface area contributed by atoms with Gasteiger partial charge in [-0.25, -0.2) is 13.4 Å². The molecular formula is C30H44N6O6S. The number of sulfonamides is 1. The standard InChI is InChI=1S/C30H44N6O6S/c1-6-8-24-27-28(35(5)33-24)30(38)32-29(31-27)23-20-22(10-11-25(23)41-18-7-2)43(39,40)36-15-13-21(14-16-36)9-12-26(37)42-19-17-34(3)4/h10-11,20-21H,6-9,12-19H2,1-5H3,(H,31,32,38). The van der Waals surface area contributed by atoms with E-state index in [2.05, 4.69) is 10.1 Å². The van der Waals surface area contributed by atoms with Crippen LogP contribution in [-0.4, -0.2) is 90.3 Å². The van der Waals surface area contributed by atoms with Crippen molar-refractivity contribution in [2.75, 3.05) is 46.9 Å². The molecular weight excluding hydrogens is 572 g/mol. The van der Waals surface area contributed by atoms with Gasteiger partial charge < -0.3 is 19.4 Å². The second-order valence-corrected chi connectivity index (χ2v) is 13.3. The number of likely N-dealkylation sites (N-methyl/N-ethyl adjacent to an activating group) is 1. The lowest BCUT2D eigenvalue weighted by atomic mass is 9.93. The van der Waals surface area contributed by atoms with Crippen molar-refractivity contribution in [3.8, 4) is 17.1 Å². The average molecular weight is 617 g/mol. The van der Waals surface area contributed by atoms with Crippen LogP contribution in [-0.2, 0) is 33.0 Å². The summed E-state index contributed by atoms with van der Waals surface area (Å²) in [5.74, 6) is 0.723. The number of aryl methyl sites for hydroxylation is 2. The predicted octanol–water partition coefficient (Wildman–Crippen LogP) is 3.35. The summed E-state index contributed by atoms with van der Waals surface area (Å²) in [6, 6.07) is 4.71. The maximum atomic E-state index is 13.8. The predicted molar refractivity (Wildman–Crippen MR) is 165 cm³/mol. The molecule has 236 valence electrons. The minimum atomic E-state index is -3.82. The summed E-state index contributed by atoms with van der Waals surface area (Å²) in [4.78, 5) is 34.8. The van der Waals surface area contributed by atoms with Crippen LogP contribution in [0.15, 0.2) is 27.9 Å². The van der Waals surface area contributed by atoms with Gasteiger partial charge in [0.05, 0.1) is 22.8 Å². The summed E-state index contributed by atoms with van der Waals surface area (Å²) in [6.45, 7) is 6.22. The largest absolute Gasteiger partial charge is 0.493 e. The van der Waals surface area contributed by atoms with Gasteiger partial charge >= 0.3 is 5.97 Å². The Hall–Kier alpha value is -3.29. The third-order valence-corrected chi connectivity index (χ3v) is 9.58. The van der Waals surface area contributed by atoms with Crippen LogP contribution in [0.1, 0.15) is 58.1 Å². The number of piperidine rings is 1. The third-order valence-electron chi connectivity index (χ3n) is 7.69. The molecule has 3 heterocycles. The molecule has 0 amide bonds. The van der Waals surface area contributed by atoms with E-state index in [0.717, 1.165) is 18.5 Å². The van der Waals surface area contributed by atoms with Crippen LogP contribution in [0.5, 0.6) is 5.75 Å². The van der Waals surface area contributed by atoms with E-state index >= 15 is 0 Å². The van der Waals surface area contributed by atoms with Crippen molar-refractivity contribution < 1.29 is 22.7 Å². The number of aromatic amines is 1. The van der Waals surface area contributed by atoms with Gasteiger partial charge in [-0.3, -0.25) is 14.3 Å². The number of hydrogen-bond acceptors (Lipinski definition) is 9. The molecule has 1 N–H and O–H groups in total. The van der Waals surface area contributed by atoms with Gasteiger partial charge in [-0.2, -0.15) is 9.40 Å². The lowest BCUT2D eigenvalue weighted by Gasteiger charge is -2.31. The molecule has 1 saturated heterocycles. The molecule has 0 spiro atoms. The molecule has 2 aromatic heterocycles. The SMILES string of the molecule is CCCOc1ccc(S(=O)(=O)N2CCC(CCC(=O)OCCN(C)C)CC2)cc1-c1nc2c(CCC)nn(C)c2c(=O)[nH]1. The minimum Gasteiger partial charge on any atom is -0.493 e. The fraction of sp³-hybridized carbons (Fsp3) is 0.600. The van der Waals surface area contributed by atoms with E-state index < -0.39 is 10.0 Å². The van der Waals surface area contributed by atoms with E-state index in [-0.39, 0.29) is 28.2 Å². The van der Waals surface area contributed by atoms with Crippen LogP contribution >= 0.6 is 0 Å². The van der Waals surface area contributed by atoms with Crippen LogP contribution in [0.4, 0.5) is 0 Å². The first-order valence-electron chi connectivity index (χ1n) is 15.1. The molecule has 13 heteroatoms. The van der Waals surface area contributed by atoms with Gasteiger partial charge in [0.2, 0.25) is 10.0 Å². The number of nitrogens with zero attached hydrogens (tertiary/aromatic N) is 5. The second-order valence-electron chi connectivity index (χ2n) is 11.3. The Bertz CT molecular complexity index is 1570. The maximum absolute atomic E-state index is 13.8. The number of ether oxygens (including phenoxy) is 2. The van der Waals surface area contributed by atoms with Crippen LogP contribution in [0.25, 0.3) is 22.4 Å². The molecule has 0 aliphatic carbocycles. The van der Waals surface area contributed by atoms with Crippen molar-refractivity contribution in [1.29, 1.82) is 0 Å². The summed E-state index contributed by atoms with van der Waals surface area (Å²) < 4.78 is 41.8. The number of benzene rings is 1. The van der Waals surface area contributed by atoms with Crippen LogP contribution in [0, 0.1) is 5.92 Å². The van der Waals surface area contributed by atoms with E-state index in [1.165, 1.54) is 15.1 Å². The highest BCUT2D eigenvalue weighted by molar-refractivity contribution is 7.89. The van der Waals surface area contributed by atoms with Gasteiger partial charge in [0, 0.05) is 33.1 Å². The van der Waals surface area contributed by atoms with Crippen LogP contribution in [0.2, 0.25) is 0 Å². The molecule has 12 nitrogen and oxygen atoms in total. The minimum absolute atomic E-state index is 0.108. The number of carbonyl (C=O) groups excluding carboxylic acids is 1. The zero-order valence-corrected chi connectivity index (χ0v) is 26.7. The molecule has 4 rings (SSSR count). The zero-order valence-electron chi connectivity index (χ0n) is 25.9. The summed E-state index contributed by atoms with van der Waals surface area (Å²) in [5, 5.41) is 4.49. The monoisotopic (exact) mass is 616 g/mol. The molecule has 0 unspecified atom stereocenters. The highest BCUT2D eigenvalue weighted by atomic mass is 32.2. The summed E-state index contributed by atoms with van der Waals surface area (Å²) >= 11 is 0. The fourth-order valence-electron chi connectivity index (χ4n) is 5.30. The molecule has 3 aromatic rings. The normalized spacial score (nSPS) is 14.9. The zero-order chi connectivity index (χ0) is 31.1. The number of esters is 1. The van der Waals surface area contributed by atoms with Crippen molar-refractivity contribution >= 4 is 27.0 Å². The summed E-state index contributed by atoms with van der Waals surface area (Å²) in [5.41, 5.74) is 1.65. The molecule has 0 radical (unpaired) electrons. The van der Waals surface area contributed by atoms with Crippen molar-refractivity contribution in [2.45, 2.75) is 63.7 Å². The van der Waals surface area contributed by atoms with Crippen molar-refractivity contribution in [1.82, 2.24) is 29.0 Å². The van der Waals surface area contributed by atoms with Gasteiger partial charge in [-0.05, 0) is 70.3 Å². The molecule has 0 saturated carbocycles. The highest BCUT2D eigenvalue weighted by Gasteiger charge is 2.31. The van der Waals surface area contributed by atoms with Crippen molar-refractivity contribution in [2.24, 2.45) is 13.0 Å². The Kier molecular flexibility index (Phi) is 11.0. The second kappa shape index (κ2) is 14.5. The first kappa shape index (κ1) is 32.6. The molecule has 0 bridgehead atoms. The van der Waals surface area contributed by atoms with E-state index in [1.54, 1.807) is 19.2 Å². The van der Waals surface area contributed by atoms with Gasteiger partial charge in [0.1, 0.15) is 23.7 Å². The summed E-state index contributed by atoms with van der Waals surface area (Å²) in [6.07, 6.45) is 4.61. The number of rotatable bonds is 14.